The number of nitro benzene ring substituents is 1. The van der Waals surface area contributed by atoms with Crippen LogP contribution in [-0.2, 0) is 0 Å². The Morgan fingerprint density at radius 1 is 1.10 bits per heavy atom. The number of nitrogens with one attached hydrogen (secondary N) is 1. The van der Waals surface area contributed by atoms with Gasteiger partial charge in [-0.25, -0.2) is 0 Å². The van der Waals surface area contributed by atoms with Gasteiger partial charge in [0.25, 0.3) is 11.6 Å². The van der Waals surface area contributed by atoms with Gasteiger partial charge in [0.05, 0.1) is 29.2 Å². The average molecular weight is 391 g/mol. The number of nitro groups is 1. The second kappa shape index (κ2) is 7.16. The summed E-state index contributed by atoms with van der Waals surface area (Å²) in [5, 5.41) is 25.0. The van der Waals surface area contributed by atoms with E-state index in [1.807, 2.05) is 6.07 Å². The Labute approximate surface area is 166 Å². The second-order valence-electron chi connectivity index (χ2n) is 6.44. The van der Waals surface area contributed by atoms with Gasteiger partial charge in [0, 0.05) is 11.4 Å². The monoisotopic (exact) mass is 391 g/mol. The number of hydrogen-bond donors (Lipinski definition) is 2. The number of phenolic OH excluding ortho intramolecular Hbond substituents is 1. The summed E-state index contributed by atoms with van der Waals surface area (Å²) in [6, 6.07) is 18.3. The molecule has 0 bridgehead atoms. The molecule has 1 unspecified atom stereocenters. The van der Waals surface area contributed by atoms with Crippen LogP contribution < -0.4 is 15.0 Å². The van der Waals surface area contributed by atoms with Crippen LogP contribution in [0.4, 0.5) is 17.1 Å². The van der Waals surface area contributed by atoms with Gasteiger partial charge >= 0.3 is 0 Å². The molecule has 0 spiro atoms. The highest BCUT2D eigenvalue weighted by Crippen LogP contribution is 2.43. The predicted octanol–water partition coefficient (Wildman–Crippen LogP) is 4.08. The second-order valence-corrected chi connectivity index (χ2v) is 6.44. The van der Waals surface area contributed by atoms with E-state index in [2.05, 4.69) is 5.32 Å². The number of anilines is 2. The molecular weight excluding hydrogens is 374 g/mol. The summed E-state index contributed by atoms with van der Waals surface area (Å²) in [6.45, 7) is 0. The number of amides is 1. The van der Waals surface area contributed by atoms with Crippen LogP contribution >= 0.6 is 0 Å². The number of hydrogen-bond acceptors (Lipinski definition) is 6. The summed E-state index contributed by atoms with van der Waals surface area (Å²) in [4.78, 5) is 25.9. The molecule has 29 heavy (non-hydrogen) atoms. The summed E-state index contributed by atoms with van der Waals surface area (Å²) in [5.74, 6) is -0.569. The first-order valence-corrected chi connectivity index (χ1v) is 8.80. The third-order valence-electron chi connectivity index (χ3n) is 4.78. The molecule has 0 fully saturated rings. The number of para-hydroxylation sites is 2. The maximum Gasteiger partial charge on any atom is 0.280 e. The molecule has 0 radical (unpaired) electrons. The lowest BCUT2D eigenvalue weighted by Crippen LogP contribution is -2.43. The average Bonchev–Trinajstić information content (AvgIpc) is 2.74. The fraction of sp³-hybridized carbons (Fsp3) is 0.0952. The number of rotatable bonds is 4. The van der Waals surface area contributed by atoms with Crippen LogP contribution in [0.5, 0.6) is 11.5 Å². The molecule has 1 aliphatic rings. The van der Waals surface area contributed by atoms with Crippen LogP contribution in [0.3, 0.4) is 0 Å². The fourth-order valence-electron chi connectivity index (χ4n) is 3.44. The van der Waals surface area contributed by atoms with Crippen molar-refractivity contribution in [2.45, 2.75) is 6.17 Å². The lowest BCUT2D eigenvalue weighted by atomic mass is 10.0. The molecule has 0 aromatic heterocycles. The molecule has 3 aromatic rings. The number of aromatic hydroxyl groups is 1. The molecule has 8 nitrogen and oxygen atoms in total. The Bertz CT molecular complexity index is 1100. The summed E-state index contributed by atoms with van der Waals surface area (Å²) in [6.07, 6.45) is -0.880. The van der Waals surface area contributed by atoms with Gasteiger partial charge in [-0.15, -0.1) is 0 Å². The van der Waals surface area contributed by atoms with E-state index < -0.39 is 11.1 Å². The highest BCUT2D eigenvalue weighted by molar-refractivity contribution is 6.12. The predicted molar refractivity (Wildman–Crippen MR) is 107 cm³/mol. The topological polar surface area (TPSA) is 105 Å². The first-order valence-electron chi connectivity index (χ1n) is 8.80. The minimum atomic E-state index is -0.880. The number of ether oxygens (including phenoxy) is 1. The lowest BCUT2D eigenvalue weighted by Gasteiger charge is -2.38. The molecule has 146 valence electrons. The zero-order valence-electron chi connectivity index (χ0n) is 15.4. The van der Waals surface area contributed by atoms with Crippen molar-refractivity contribution in [2.24, 2.45) is 0 Å². The van der Waals surface area contributed by atoms with Gasteiger partial charge < -0.3 is 15.2 Å². The van der Waals surface area contributed by atoms with Gasteiger partial charge in [-0.3, -0.25) is 19.8 Å². The minimum Gasteiger partial charge on any atom is -0.504 e. The van der Waals surface area contributed by atoms with Crippen LogP contribution in [0.15, 0.2) is 66.7 Å². The number of benzene rings is 3. The Kier molecular flexibility index (Phi) is 4.52. The van der Waals surface area contributed by atoms with Crippen LogP contribution in [-0.4, -0.2) is 23.0 Å². The van der Waals surface area contributed by atoms with E-state index in [1.165, 1.54) is 18.1 Å². The molecule has 1 atom stereocenters. The van der Waals surface area contributed by atoms with E-state index in [0.717, 1.165) is 6.07 Å². The summed E-state index contributed by atoms with van der Waals surface area (Å²) in [7, 11) is 1.36. The number of nitrogens with zero attached hydrogens (tertiary/aromatic N) is 2. The summed E-state index contributed by atoms with van der Waals surface area (Å²) >= 11 is 0. The van der Waals surface area contributed by atoms with E-state index >= 15 is 0 Å². The number of fused-ring (bicyclic) bond motifs is 1. The third kappa shape index (κ3) is 3.10. The van der Waals surface area contributed by atoms with Gasteiger partial charge in [-0.05, 0) is 30.3 Å². The quantitative estimate of drug-likeness (QED) is 0.513. The normalized spacial score (nSPS) is 15.4. The SMILES string of the molecule is COc1cc(C2Nc3ccccc3C(=O)N2c2ccccc2)c([N+](=O)[O-])cc1O. The van der Waals surface area contributed by atoms with Crippen molar-refractivity contribution >= 4 is 23.0 Å². The molecule has 0 saturated heterocycles. The van der Waals surface area contributed by atoms with E-state index in [9.17, 15) is 20.0 Å². The standard InChI is InChI=1S/C21H17N3O5/c1-29-19-11-15(17(24(27)28)12-18(19)25)20-22-16-10-6-5-9-14(16)21(26)23(20)13-7-3-2-4-8-13/h2-12,20,22,25H,1H3. The van der Waals surface area contributed by atoms with Crippen LogP contribution in [0.1, 0.15) is 22.1 Å². The Morgan fingerprint density at radius 3 is 2.48 bits per heavy atom. The maximum absolute atomic E-state index is 13.3. The van der Waals surface area contributed by atoms with E-state index in [1.54, 1.807) is 48.5 Å². The van der Waals surface area contributed by atoms with Crippen molar-refractivity contribution in [1.82, 2.24) is 0 Å². The molecule has 1 aliphatic heterocycles. The molecule has 0 saturated carbocycles. The Balaban J connectivity index is 1.95. The van der Waals surface area contributed by atoms with Gasteiger partial charge in [0.1, 0.15) is 6.17 Å². The minimum absolute atomic E-state index is 0.0757. The van der Waals surface area contributed by atoms with Gasteiger partial charge in [-0.2, -0.15) is 0 Å². The summed E-state index contributed by atoms with van der Waals surface area (Å²) < 4.78 is 5.14. The van der Waals surface area contributed by atoms with E-state index in [0.29, 0.717) is 16.9 Å². The smallest absolute Gasteiger partial charge is 0.280 e. The van der Waals surface area contributed by atoms with E-state index in [4.69, 9.17) is 4.74 Å². The van der Waals surface area contributed by atoms with Gasteiger partial charge in [0.2, 0.25) is 0 Å². The summed E-state index contributed by atoms with van der Waals surface area (Å²) in [5.41, 5.74) is 1.47. The van der Waals surface area contributed by atoms with Crippen molar-refractivity contribution < 1.29 is 19.6 Å². The van der Waals surface area contributed by atoms with Crippen LogP contribution in [0, 0.1) is 10.1 Å². The van der Waals surface area contributed by atoms with Crippen molar-refractivity contribution in [1.29, 1.82) is 0 Å². The zero-order valence-corrected chi connectivity index (χ0v) is 15.4. The molecule has 1 amide bonds. The van der Waals surface area contributed by atoms with Crippen LogP contribution in [0.2, 0.25) is 0 Å². The fourth-order valence-corrected chi connectivity index (χ4v) is 3.44. The van der Waals surface area contributed by atoms with Gasteiger partial charge in [0.15, 0.2) is 11.5 Å². The van der Waals surface area contributed by atoms with Crippen molar-refractivity contribution in [3.05, 3.63) is 88.0 Å². The van der Waals surface area contributed by atoms with Crippen molar-refractivity contribution in [2.75, 3.05) is 17.3 Å². The van der Waals surface area contributed by atoms with Gasteiger partial charge in [-0.1, -0.05) is 30.3 Å². The zero-order chi connectivity index (χ0) is 20.5. The molecule has 3 aromatic carbocycles. The first kappa shape index (κ1) is 18.3. The van der Waals surface area contributed by atoms with E-state index in [-0.39, 0.29) is 28.7 Å². The highest BCUT2D eigenvalue weighted by Gasteiger charge is 2.38. The number of methoxy groups -OCH3 is 1. The lowest BCUT2D eigenvalue weighted by molar-refractivity contribution is -0.385. The number of carbonyl (C=O) groups is 1. The molecule has 2 N–H and O–H groups in total. The molecule has 1 heterocycles. The number of carbonyl (C=O) groups excluding carboxylic acids is 1. The third-order valence-corrected chi connectivity index (χ3v) is 4.78. The Morgan fingerprint density at radius 2 is 1.79 bits per heavy atom. The highest BCUT2D eigenvalue weighted by atomic mass is 16.6. The van der Waals surface area contributed by atoms with Crippen molar-refractivity contribution in [3.8, 4) is 11.5 Å². The molecule has 0 aliphatic carbocycles. The molecule has 8 heteroatoms. The molecular formula is C21H17N3O5. The maximum atomic E-state index is 13.3. The Hall–Kier alpha value is -4.07. The largest absolute Gasteiger partial charge is 0.504 e. The van der Waals surface area contributed by atoms with Crippen molar-refractivity contribution in [3.63, 3.8) is 0 Å². The van der Waals surface area contributed by atoms with Crippen LogP contribution in [0.25, 0.3) is 0 Å². The first-order chi connectivity index (χ1) is 14.0. The number of phenols is 1. The molecule has 4 rings (SSSR count).